The van der Waals surface area contributed by atoms with Crippen LogP contribution in [0.5, 0.6) is 0 Å². The number of nitro benzene ring substituents is 1. The Kier molecular flexibility index (Phi) is 7.98. The van der Waals surface area contributed by atoms with E-state index in [1.807, 2.05) is 4.90 Å². The molecule has 0 atom stereocenters. The van der Waals surface area contributed by atoms with Crippen molar-refractivity contribution in [3.05, 3.63) is 39.9 Å². The van der Waals surface area contributed by atoms with Crippen molar-refractivity contribution in [1.82, 2.24) is 10.2 Å². The molecule has 1 N–H and O–H groups in total. The van der Waals surface area contributed by atoms with Gasteiger partial charge >= 0.3 is 0 Å². The zero-order chi connectivity index (χ0) is 15.9. The Bertz CT molecular complexity index is 516. The molecule has 0 bridgehead atoms. The van der Waals surface area contributed by atoms with Gasteiger partial charge in [-0.05, 0) is 37.9 Å². The topological polar surface area (TPSA) is 75.5 Å². The number of halogens is 1. The molecule has 1 amide bonds. The van der Waals surface area contributed by atoms with E-state index in [2.05, 4.69) is 12.2 Å². The molecule has 0 aromatic heterocycles. The molecular formula is C16H24ClN3O3. The molecule has 1 saturated heterocycles. The van der Waals surface area contributed by atoms with Gasteiger partial charge in [0.15, 0.2) is 0 Å². The largest absolute Gasteiger partial charge is 0.339 e. The summed E-state index contributed by atoms with van der Waals surface area (Å²) in [4.78, 5) is 24.8. The van der Waals surface area contributed by atoms with E-state index in [9.17, 15) is 14.9 Å². The molecule has 23 heavy (non-hydrogen) atoms. The van der Waals surface area contributed by atoms with Crippen molar-refractivity contribution in [3.63, 3.8) is 0 Å². The lowest BCUT2D eigenvalue weighted by Gasteiger charge is -2.34. The summed E-state index contributed by atoms with van der Waals surface area (Å²) in [5, 5.41) is 14.0. The van der Waals surface area contributed by atoms with E-state index < -0.39 is 4.92 Å². The lowest BCUT2D eigenvalue weighted by molar-refractivity contribution is -0.384. The van der Waals surface area contributed by atoms with E-state index in [4.69, 9.17) is 0 Å². The fourth-order valence-electron chi connectivity index (χ4n) is 2.88. The zero-order valence-electron chi connectivity index (χ0n) is 13.4. The number of amides is 1. The van der Waals surface area contributed by atoms with E-state index in [0.717, 1.165) is 44.5 Å². The van der Waals surface area contributed by atoms with Crippen LogP contribution >= 0.6 is 12.4 Å². The third-order valence-electron chi connectivity index (χ3n) is 4.04. The maximum absolute atomic E-state index is 12.6. The second-order valence-electron chi connectivity index (χ2n) is 5.67. The summed E-state index contributed by atoms with van der Waals surface area (Å²) in [6.45, 7) is 4.76. The molecule has 1 heterocycles. The first kappa shape index (κ1) is 19.4. The fourth-order valence-corrected chi connectivity index (χ4v) is 2.88. The number of piperidine rings is 1. The monoisotopic (exact) mass is 341 g/mol. The number of rotatable bonds is 6. The van der Waals surface area contributed by atoms with Crippen LogP contribution in [0.2, 0.25) is 0 Å². The van der Waals surface area contributed by atoms with E-state index >= 15 is 0 Å². The average Bonchev–Trinajstić information content (AvgIpc) is 2.53. The highest BCUT2D eigenvalue weighted by Crippen LogP contribution is 2.16. The van der Waals surface area contributed by atoms with Crippen LogP contribution in [-0.2, 0) is 11.2 Å². The van der Waals surface area contributed by atoms with Gasteiger partial charge < -0.3 is 10.2 Å². The van der Waals surface area contributed by atoms with Crippen LogP contribution in [0.3, 0.4) is 0 Å². The second-order valence-corrected chi connectivity index (χ2v) is 5.67. The van der Waals surface area contributed by atoms with Crippen molar-refractivity contribution >= 4 is 24.0 Å². The van der Waals surface area contributed by atoms with Crippen LogP contribution in [0, 0.1) is 10.1 Å². The second kappa shape index (κ2) is 9.47. The Labute approximate surface area is 142 Å². The normalized spacial score (nSPS) is 14.8. The van der Waals surface area contributed by atoms with E-state index in [1.54, 1.807) is 12.1 Å². The number of nitro groups is 1. The molecule has 7 heteroatoms. The number of carbonyl (C=O) groups is 1. The molecule has 2 rings (SSSR count). The summed E-state index contributed by atoms with van der Waals surface area (Å²) in [5.41, 5.74) is 0.880. The highest BCUT2D eigenvalue weighted by molar-refractivity contribution is 5.85. The third-order valence-corrected chi connectivity index (χ3v) is 4.04. The summed E-state index contributed by atoms with van der Waals surface area (Å²) in [7, 11) is 0. The van der Waals surface area contributed by atoms with Gasteiger partial charge in [-0.1, -0.05) is 19.1 Å². The van der Waals surface area contributed by atoms with Crippen molar-refractivity contribution in [2.75, 3.05) is 19.6 Å². The van der Waals surface area contributed by atoms with Crippen LogP contribution in [0.25, 0.3) is 0 Å². The smallest absolute Gasteiger partial charge is 0.269 e. The fraction of sp³-hybridized carbons (Fsp3) is 0.562. The number of benzene rings is 1. The first-order valence-corrected chi connectivity index (χ1v) is 7.85. The number of nitrogens with zero attached hydrogens (tertiary/aromatic N) is 2. The van der Waals surface area contributed by atoms with Gasteiger partial charge in [0.1, 0.15) is 0 Å². The lowest BCUT2D eigenvalue weighted by atomic mass is 10.0. The van der Waals surface area contributed by atoms with Crippen molar-refractivity contribution in [2.24, 2.45) is 0 Å². The summed E-state index contributed by atoms with van der Waals surface area (Å²) in [6.07, 6.45) is 3.23. The van der Waals surface area contributed by atoms with E-state index in [-0.39, 0.29) is 24.0 Å². The predicted octanol–water partition coefficient (Wildman–Crippen LogP) is 2.55. The van der Waals surface area contributed by atoms with Gasteiger partial charge in [0.25, 0.3) is 5.69 Å². The average molecular weight is 342 g/mol. The molecule has 6 nitrogen and oxygen atoms in total. The minimum absolute atomic E-state index is 0. The highest BCUT2D eigenvalue weighted by Gasteiger charge is 2.24. The molecule has 0 unspecified atom stereocenters. The van der Waals surface area contributed by atoms with Crippen molar-refractivity contribution < 1.29 is 9.72 Å². The Morgan fingerprint density at radius 3 is 2.43 bits per heavy atom. The Balaban J connectivity index is 0.00000264. The molecule has 128 valence electrons. The van der Waals surface area contributed by atoms with Crippen LogP contribution in [-0.4, -0.2) is 41.4 Å². The number of non-ortho nitro benzene ring substituents is 1. The van der Waals surface area contributed by atoms with Crippen LogP contribution in [0.1, 0.15) is 31.7 Å². The first-order valence-electron chi connectivity index (χ1n) is 7.85. The molecule has 1 aliphatic rings. The summed E-state index contributed by atoms with van der Waals surface area (Å²) < 4.78 is 0. The Morgan fingerprint density at radius 2 is 1.91 bits per heavy atom. The van der Waals surface area contributed by atoms with E-state index in [1.165, 1.54) is 12.1 Å². The maximum Gasteiger partial charge on any atom is 0.269 e. The zero-order valence-corrected chi connectivity index (χ0v) is 14.2. The standard InChI is InChI=1S/C16H23N3O3.ClH/c1-2-11-18(14-7-9-17-10-8-14)16(20)12-13-3-5-15(6-4-13)19(21)22;/h3-6,14,17H,2,7-12H2,1H3;1H. The van der Waals surface area contributed by atoms with Gasteiger partial charge in [0, 0.05) is 24.7 Å². The van der Waals surface area contributed by atoms with Gasteiger partial charge in [-0.2, -0.15) is 0 Å². The van der Waals surface area contributed by atoms with Crippen molar-refractivity contribution in [3.8, 4) is 0 Å². The van der Waals surface area contributed by atoms with E-state index in [0.29, 0.717) is 12.5 Å². The number of hydrogen-bond acceptors (Lipinski definition) is 4. The summed E-state index contributed by atoms with van der Waals surface area (Å²) in [5.74, 6) is 0.114. The maximum atomic E-state index is 12.6. The van der Waals surface area contributed by atoms with Crippen molar-refractivity contribution in [1.29, 1.82) is 0 Å². The SMILES string of the molecule is CCCN(C(=O)Cc1ccc([N+](=O)[O-])cc1)C1CCNCC1.Cl. The first-order chi connectivity index (χ1) is 10.6. The van der Waals surface area contributed by atoms with Gasteiger partial charge in [0.05, 0.1) is 11.3 Å². The molecule has 1 fully saturated rings. The number of hydrogen-bond donors (Lipinski definition) is 1. The summed E-state index contributed by atoms with van der Waals surface area (Å²) in [6, 6.07) is 6.56. The molecule has 0 aliphatic carbocycles. The Hall–Kier alpha value is -1.66. The molecule has 0 saturated carbocycles. The van der Waals surface area contributed by atoms with Crippen LogP contribution < -0.4 is 5.32 Å². The molecule has 1 aromatic rings. The van der Waals surface area contributed by atoms with Gasteiger partial charge in [-0.25, -0.2) is 0 Å². The molecular weight excluding hydrogens is 318 g/mol. The quantitative estimate of drug-likeness (QED) is 0.637. The van der Waals surface area contributed by atoms with Gasteiger partial charge in [-0.3, -0.25) is 14.9 Å². The van der Waals surface area contributed by atoms with Gasteiger partial charge in [0.2, 0.25) is 5.91 Å². The molecule has 1 aromatic carbocycles. The Morgan fingerprint density at radius 1 is 1.30 bits per heavy atom. The lowest BCUT2D eigenvalue weighted by Crippen LogP contribution is -2.47. The van der Waals surface area contributed by atoms with Crippen LogP contribution in [0.15, 0.2) is 24.3 Å². The molecule has 0 radical (unpaired) electrons. The number of carbonyl (C=O) groups excluding carboxylic acids is 1. The predicted molar refractivity (Wildman–Crippen MR) is 91.9 cm³/mol. The summed E-state index contributed by atoms with van der Waals surface area (Å²) >= 11 is 0. The third kappa shape index (κ3) is 5.48. The van der Waals surface area contributed by atoms with Crippen molar-refractivity contribution in [2.45, 2.75) is 38.6 Å². The number of nitrogens with one attached hydrogen (secondary N) is 1. The van der Waals surface area contributed by atoms with Crippen LogP contribution in [0.4, 0.5) is 5.69 Å². The molecule has 0 spiro atoms. The minimum Gasteiger partial charge on any atom is -0.339 e. The minimum atomic E-state index is -0.427. The van der Waals surface area contributed by atoms with Gasteiger partial charge in [-0.15, -0.1) is 12.4 Å². The highest BCUT2D eigenvalue weighted by atomic mass is 35.5. The molecule has 1 aliphatic heterocycles.